The van der Waals surface area contributed by atoms with E-state index in [1.807, 2.05) is 0 Å². The fourth-order valence-corrected chi connectivity index (χ4v) is 1.83. The van der Waals surface area contributed by atoms with E-state index in [0.717, 1.165) is 0 Å². The van der Waals surface area contributed by atoms with Gasteiger partial charge in [-0.25, -0.2) is 4.79 Å². The zero-order valence-electron chi connectivity index (χ0n) is 11.2. The highest BCUT2D eigenvalue weighted by Crippen LogP contribution is 2.26. The minimum absolute atomic E-state index is 0.0480. The van der Waals surface area contributed by atoms with E-state index in [1.165, 1.54) is 10.8 Å². The molecular weight excluding hydrogens is 252 g/mol. The van der Waals surface area contributed by atoms with Crippen LogP contribution in [0.1, 0.15) is 24.6 Å². The number of hydrogen-bond donors (Lipinski definition) is 4. The summed E-state index contributed by atoms with van der Waals surface area (Å²) < 4.78 is 6.83. The van der Waals surface area contributed by atoms with E-state index in [2.05, 4.69) is 16.3 Å². The van der Waals surface area contributed by atoms with Gasteiger partial charge < -0.3 is 9.84 Å². The topological polar surface area (TPSA) is 124 Å². The molecule has 0 bridgehead atoms. The van der Waals surface area contributed by atoms with Gasteiger partial charge in [-0.1, -0.05) is 0 Å². The second-order valence-electron chi connectivity index (χ2n) is 4.30. The number of aliphatic hydroxyl groups excluding tert-OH is 1. The summed E-state index contributed by atoms with van der Waals surface area (Å²) in [7, 11) is 1.76. The van der Waals surface area contributed by atoms with Crippen molar-refractivity contribution in [2.75, 3.05) is 13.7 Å². The van der Waals surface area contributed by atoms with Crippen molar-refractivity contribution in [3.63, 3.8) is 0 Å². The van der Waals surface area contributed by atoms with Crippen LogP contribution in [-0.2, 0) is 4.74 Å². The molecule has 2 unspecified atom stereocenters. The van der Waals surface area contributed by atoms with Gasteiger partial charge in [0.25, 0.3) is 5.56 Å². The fraction of sp³-hybridized carbons (Fsp3) is 0.636. The molecule has 19 heavy (non-hydrogen) atoms. The number of aliphatic hydroxyl groups is 1. The zero-order chi connectivity index (χ0) is 14.4. The van der Waals surface area contributed by atoms with E-state index in [1.54, 1.807) is 14.0 Å². The smallest absolute Gasteiger partial charge is 0.330 e. The molecule has 0 spiro atoms. The Labute approximate surface area is 110 Å². The predicted octanol–water partition coefficient (Wildman–Crippen LogP) is -2.12. The maximum absolute atomic E-state index is 11.5. The number of H-pyrrole nitrogens is 1. The highest BCUT2D eigenvalue weighted by molar-refractivity contribution is 5.01. The molecule has 1 aliphatic heterocycles. The summed E-state index contributed by atoms with van der Waals surface area (Å²) in [6, 6.07) is 0. The molecule has 2 atom stereocenters. The number of aryl methyl sites for hydroxylation is 1. The van der Waals surface area contributed by atoms with Crippen LogP contribution >= 0.6 is 0 Å². The van der Waals surface area contributed by atoms with E-state index in [0.29, 0.717) is 18.4 Å². The Morgan fingerprint density at radius 1 is 1.58 bits per heavy atom. The first-order chi connectivity index (χ1) is 9.03. The summed E-state index contributed by atoms with van der Waals surface area (Å²) in [5, 5.41) is 8.93. The van der Waals surface area contributed by atoms with E-state index in [4.69, 9.17) is 9.84 Å². The third kappa shape index (κ3) is 4.00. The van der Waals surface area contributed by atoms with Crippen LogP contribution in [0.5, 0.6) is 0 Å². The lowest BCUT2D eigenvalue weighted by Gasteiger charge is -2.14. The van der Waals surface area contributed by atoms with Gasteiger partial charge in [0.05, 0.1) is 12.7 Å². The standard InChI is InChI=1S/C10H14N2O4.CH6N2/c1-6-4-12(10(15)11-9(6)14)8-3-2-7(5-13)16-8;1-3-2/h4,7-8,13H,2-3,5H2,1H3,(H,11,14,15);3H,2H2,1H3/p+1. The minimum Gasteiger partial charge on any atom is -0.394 e. The summed E-state index contributed by atoms with van der Waals surface area (Å²) >= 11 is 0. The first kappa shape index (κ1) is 15.6. The number of ether oxygens (including phenoxy) is 1. The lowest BCUT2D eigenvalue weighted by molar-refractivity contribution is -0.435. The molecule has 108 valence electrons. The van der Waals surface area contributed by atoms with Crippen LogP contribution in [0, 0.1) is 6.92 Å². The Bertz CT molecular complexity index is 510. The van der Waals surface area contributed by atoms with Crippen LogP contribution in [0.3, 0.4) is 0 Å². The molecule has 8 nitrogen and oxygen atoms in total. The third-order valence-electron chi connectivity index (χ3n) is 2.74. The van der Waals surface area contributed by atoms with Gasteiger partial charge in [0.1, 0.15) is 6.23 Å². The van der Waals surface area contributed by atoms with Crippen LogP contribution in [0.15, 0.2) is 15.8 Å². The van der Waals surface area contributed by atoms with Crippen molar-refractivity contribution in [3.8, 4) is 0 Å². The highest BCUT2D eigenvalue weighted by Gasteiger charge is 2.26. The van der Waals surface area contributed by atoms with Gasteiger partial charge in [-0.2, -0.15) is 5.43 Å². The van der Waals surface area contributed by atoms with Crippen molar-refractivity contribution in [2.45, 2.75) is 32.1 Å². The molecule has 1 aliphatic rings. The third-order valence-corrected chi connectivity index (χ3v) is 2.74. The summed E-state index contributed by atoms with van der Waals surface area (Å²) in [6.45, 7) is 1.58. The molecule has 2 rings (SSSR count). The maximum Gasteiger partial charge on any atom is 0.330 e. The summed E-state index contributed by atoms with van der Waals surface area (Å²) in [5.41, 5.74) is 2.12. The molecule has 1 aromatic rings. The summed E-state index contributed by atoms with van der Waals surface area (Å²) in [6.07, 6.45) is 2.26. The van der Waals surface area contributed by atoms with Crippen molar-refractivity contribution in [2.24, 2.45) is 0 Å². The molecule has 0 amide bonds. The lowest BCUT2D eigenvalue weighted by atomic mass is 10.2. The Hall–Kier alpha value is -1.48. The van der Waals surface area contributed by atoms with Crippen molar-refractivity contribution < 1.29 is 15.7 Å². The fourth-order valence-electron chi connectivity index (χ4n) is 1.83. The number of nitrogens with zero attached hydrogens (tertiary/aromatic N) is 1. The summed E-state index contributed by atoms with van der Waals surface area (Å²) in [5.74, 6) is 3.24. The van der Waals surface area contributed by atoms with E-state index >= 15 is 0 Å². The van der Waals surface area contributed by atoms with Crippen LogP contribution in [0.25, 0.3) is 0 Å². The largest absolute Gasteiger partial charge is 0.394 e. The number of aromatic nitrogens is 2. The van der Waals surface area contributed by atoms with Crippen molar-refractivity contribution in [1.29, 1.82) is 0 Å². The van der Waals surface area contributed by atoms with Gasteiger partial charge >= 0.3 is 5.69 Å². The van der Waals surface area contributed by atoms with Crippen LogP contribution in [0.2, 0.25) is 0 Å². The molecule has 0 radical (unpaired) electrons. The summed E-state index contributed by atoms with van der Waals surface area (Å²) in [4.78, 5) is 24.9. The second-order valence-corrected chi connectivity index (χ2v) is 4.30. The Morgan fingerprint density at radius 2 is 2.21 bits per heavy atom. The maximum atomic E-state index is 11.5. The molecule has 2 heterocycles. The molecule has 6 N–H and O–H groups in total. The molecule has 0 aliphatic carbocycles. The van der Waals surface area contributed by atoms with Gasteiger partial charge in [-0.15, -0.1) is 0 Å². The highest BCUT2D eigenvalue weighted by atomic mass is 16.5. The number of aromatic amines is 1. The predicted molar refractivity (Wildman–Crippen MR) is 68.2 cm³/mol. The normalized spacial score (nSPS) is 21.9. The van der Waals surface area contributed by atoms with Crippen molar-refractivity contribution in [3.05, 3.63) is 32.6 Å². The quantitative estimate of drug-likeness (QED) is 0.459. The van der Waals surface area contributed by atoms with Gasteiger partial charge in [0, 0.05) is 18.8 Å². The Balaban J connectivity index is 0.000000550. The van der Waals surface area contributed by atoms with E-state index in [-0.39, 0.29) is 24.5 Å². The van der Waals surface area contributed by atoms with Crippen LogP contribution in [0.4, 0.5) is 0 Å². The first-order valence-electron chi connectivity index (χ1n) is 6.05. The second kappa shape index (κ2) is 7.19. The molecule has 1 fully saturated rings. The first-order valence-corrected chi connectivity index (χ1v) is 6.05. The van der Waals surface area contributed by atoms with E-state index < -0.39 is 5.69 Å². The SMILES string of the molecule is CN[NH3+].Cc1cn(C2CCC(CO)O2)c(=O)[nH]c1=O. The Kier molecular flexibility index (Phi) is 5.90. The zero-order valence-corrected chi connectivity index (χ0v) is 11.2. The van der Waals surface area contributed by atoms with Gasteiger partial charge in [-0.3, -0.25) is 20.2 Å². The number of nitrogens with one attached hydrogen (secondary N) is 2. The molecule has 0 saturated carbocycles. The average molecular weight is 273 g/mol. The van der Waals surface area contributed by atoms with Crippen molar-refractivity contribution in [1.82, 2.24) is 15.0 Å². The van der Waals surface area contributed by atoms with Gasteiger partial charge in [-0.05, 0) is 19.8 Å². The lowest BCUT2D eigenvalue weighted by Crippen LogP contribution is -2.62. The van der Waals surface area contributed by atoms with Gasteiger partial charge in [0.15, 0.2) is 0 Å². The number of rotatable bonds is 2. The molecule has 1 saturated heterocycles. The average Bonchev–Trinajstić information content (AvgIpc) is 2.83. The molecule has 1 aromatic heterocycles. The number of quaternary nitrogens is 1. The Morgan fingerprint density at radius 3 is 2.74 bits per heavy atom. The van der Waals surface area contributed by atoms with E-state index in [9.17, 15) is 9.59 Å². The number of hydrogen-bond acceptors (Lipinski definition) is 5. The molecule has 8 heteroatoms. The van der Waals surface area contributed by atoms with Crippen LogP contribution < -0.4 is 22.5 Å². The van der Waals surface area contributed by atoms with Crippen molar-refractivity contribution >= 4 is 0 Å². The van der Waals surface area contributed by atoms with Gasteiger partial charge in [0.2, 0.25) is 0 Å². The monoisotopic (exact) mass is 273 g/mol. The van der Waals surface area contributed by atoms with Crippen LogP contribution in [-0.4, -0.2) is 34.4 Å². The molecule has 0 aromatic carbocycles. The minimum atomic E-state index is -0.473. The molecular formula is C11H21N4O4+.